The minimum Gasteiger partial charge on any atom is -0.354 e. The van der Waals surface area contributed by atoms with Gasteiger partial charge in [0.05, 0.1) is 31.0 Å². The fraction of sp³-hybridized carbons (Fsp3) is 0.700. The first-order chi connectivity index (χ1) is 7.10. The van der Waals surface area contributed by atoms with E-state index in [2.05, 4.69) is 11.4 Å². The van der Waals surface area contributed by atoms with Crippen molar-refractivity contribution < 1.29 is 4.79 Å². The van der Waals surface area contributed by atoms with Crippen LogP contribution >= 0.6 is 0 Å². The molecule has 0 spiro atoms. The predicted molar refractivity (Wildman–Crippen MR) is 55.5 cm³/mol. The molecule has 0 aliphatic carbocycles. The Morgan fingerprint density at radius 1 is 1.53 bits per heavy atom. The second-order valence-corrected chi connectivity index (χ2v) is 3.48. The lowest BCUT2D eigenvalue weighted by molar-refractivity contribution is -0.121. The van der Waals surface area contributed by atoms with Crippen LogP contribution in [0.1, 0.15) is 13.3 Å². The second kappa shape index (κ2) is 7.78. The minimum absolute atomic E-state index is 0.0816. The van der Waals surface area contributed by atoms with E-state index in [4.69, 9.17) is 10.5 Å². The molecule has 0 saturated carbocycles. The van der Waals surface area contributed by atoms with Gasteiger partial charge in [0.25, 0.3) is 0 Å². The predicted octanol–water partition coefficient (Wildman–Crippen LogP) is 0.108. The molecule has 0 heterocycles. The molecule has 0 aromatic heterocycles. The molecule has 82 valence electrons. The first kappa shape index (κ1) is 13.4. The third-order valence-electron chi connectivity index (χ3n) is 1.78. The van der Waals surface area contributed by atoms with Gasteiger partial charge in [-0.25, -0.2) is 0 Å². The number of likely N-dealkylation sites (N-methyl/N-ethyl adjacent to an activating group) is 1. The van der Waals surface area contributed by atoms with Crippen molar-refractivity contribution in [2.24, 2.45) is 5.92 Å². The van der Waals surface area contributed by atoms with E-state index in [1.807, 2.05) is 13.0 Å². The normalized spacial score (nSPS) is 11.5. The molecule has 0 aliphatic heterocycles. The van der Waals surface area contributed by atoms with E-state index in [-0.39, 0.29) is 18.4 Å². The summed E-state index contributed by atoms with van der Waals surface area (Å²) in [6, 6.07) is 4.05. The number of hydrogen-bond acceptors (Lipinski definition) is 4. The number of nitriles is 2. The van der Waals surface area contributed by atoms with Gasteiger partial charge in [-0.05, 0) is 14.0 Å². The molecule has 1 N–H and O–H groups in total. The molecule has 1 amide bonds. The number of carbonyl (C=O) groups is 1. The van der Waals surface area contributed by atoms with Gasteiger partial charge in [0.1, 0.15) is 0 Å². The Bertz CT molecular complexity index is 276. The van der Waals surface area contributed by atoms with Gasteiger partial charge < -0.3 is 5.32 Å². The summed E-state index contributed by atoms with van der Waals surface area (Å²) in [7, 11) is 1.79. The number of nitrogens with one attached hydrogen (secondary N) is 1. The molecule has 0 aliphatic rings. The maximum Gasteiger partial charge on any atom is 0.234 e. The third kappa shape index (κ3) is 7.48. The summed E-state index contributed by atoms with van der Waals surface area (Å²) in [5.74, 6) is -0.195. The molecule has 1 unspecified atom stereocenters. The Morgan fingerprint density at radius 2 is 2.20 bits per heavy atom. The lowest BCUT2D eigenvalue weighted by Gasteiger charge is -2.16. The van der Waals surface area contributed by atoms with Crippen molar-refractivity contribution in [2.75, 3.05) is 26.7 Å². The Labute approximate surface area is 90.3 Å². The van der Waals surface area contributed by atoms with Crippen molar-refractivity contribution in [3.05, 3.63) is 0 Å². The van der Waals surface area contributed by atoms with Crippen molar-refractivity contribution >= 4 is 5.91 Å². The molecule has 0 rings (SSSR count). The molecular weight excluding hydrogens is 192 g/mol. The summed E-state index contributed by atoms with van der Waals surface area (Å²) in [5.41, 5.74) is 0. The van der Waals surface area contributed by atoms with Gasteiger partial charge in [0.15, 0.2) is 0 Å². The van der Waals surface area contributed by atoms with Crippen molar-refractivity contribution in [3.63, 3.8) is 0 Å². The van der Waals surface area contributed by atoms with E-state index in [0.717, 1.165) is 0 Å². The Hall–Kier alpha value is -1.59. The third-order valence-corrected chi connectivity index (χ3v) is 1.78. The van der Waals surface area contributed by atoms with Gasteiger partial charge in [0.2, 0.25) is 5.91 Å². The molecule has 0 radical (unpaired) electrons. The first-order valence-electron chi connectivity index (χ1n) is 4.82. The van der Waals surface area contributed by atoms with Gasteiger partial charge in [-0.1, -0.05) is 0 Å². The summed E-state index contributed by atoms with van der Waals surface area (Å²) >= 11 is 0. The zero-order chi connectivity index (χ0) is 11.7. The lowest BCUT2D eigenvalue weighted by Crippen LogP contribution is -2.37. The number of amides is 1. The average molecular weight is 208 g/mol. The number of carbonyl (C=O) groups excluding carboxylic acids is 1. The Balaban J connectivity index is 3.68. The summed E-state index contributed by atoms with van der Waals surface area (Å²) in [6.07, 6.45) is 0.323. The fourth-order valence-electron chi connectivity index (χ4n) is 1.13. The summed E-state index contributed by atoms with van der Waals surface area (Å²) in [6.45, 7) is 3.03. The summed E-state index contributed by atoms with van der Waals surface area (Å²) in [4.78, 5) is 13.0. The molecule has 0 aromatic rings. The van der Waals surface area contributed by atoms with Crippen molar-refractivity contribution in [2.45, 2.75) is 13.3 Å². The Kier molecular flexibility index (Phi) is 6.96. The van der Waals surface area contributed by atoms with E-state index < -0.39 is 0 Å². The van der Waals surface area contributed by atoms with Crippen LogP contribution in [-0.4, -0.2) is 37.5 Å². The topological polar surface area (TPSA) is 79.9 Å². The molecule has 1 atom stereocenters. The van der Waals surface area contributed by atoms with Crippen LogP contribution in [0.25, 0.3) is 0 Å². The molecule has 5 nitrogen and oxygen atoms in total. The zero-order valence-corrected chi connectivity index (χ0v) is 9.16. The lowest BCUT2D eigenvalue weighted by atomic mass is 10.2. The highest BCUT2D eigenvalue weighted by Crippen LogP contribution is 1.94. The molecule has 0 fully saturated rings. The SMILES string of the molecule is CC(C#N)CN(C)CC(=O)NCCC#N. The summed E-state index contributed by atoms with van der Waals surface area (Å²) < 4.78 is 0. The molecule has 0 bridgehead atoms. The average Bonchev–Trinajstić information content (AvgIpc) is 2.17. The second-order valence-electron chi connectivity index (χ2n) is 3.48. The van der Waals surface area contributed by atoms with Gasteiger partial charge in [-0.15, -0.1) is 0 Å². The van der Waals surface area contributed by atoms with Crippen LogP contribution in [0, 0.1) is 28.6 Å². The fourth-order valence-corrected chi connectivity index (χ4v) is 1.13. The standard InChI is InChI=1S/C10H16N4O/c1-9(6-12)7-14(2)8-10(15)13-5-3-4-11/h9H,3,5,7-8H2,1-2H3,(H,13,15). The monoisotopic (exact) mass is 208 g/mol. The zero-order valence-electron chi connectivity index (χ0n) is 9.16. The van der Waals surface area contributed by atoms with Crippen LogP contribution in [0.4, 0.5) is 0 Å². The smallest absolute Gasteiger partial charge is 0.234 e. The van der Waals surface area contributed by atoms with E-state index >= 15 is 0 Å². The highest BCUT2D eigenvalue weighted by Gasteiger charge is 2.08. The molecule has 5 heteroatoms. The van der Waals surface area contributed by atoms with Crippen LogP contribution in [0.15, 0.2) is 0 Å². The van der Waals surface area contributed by atoms with Crippen LogP contribution in [0.5, 0.6) is 0 Å². The quantitative estimate of drug-likeness (QED) is 0.628. The van der Waals surface area contributed by atoms with Crippen LogP contribution in [0.2, 0.25) is 0 Å². The van der Waals surface area contributed by atoms with E-state index in [0.29, 0.717) is 19.5 Å². The van der Waals surface area contributed by atoms with Crippen LogP contribution < -0.4 is 5.32 Å². The summed E-state index contributed by atoms with van der Waals surface area (Å²) in [5, 5.41) is 19.5. The molecule has 15 heavy (non-hydrogen) atoms. The van der Waals surface area contributed by atoms with Crippen molar-refractivity contribution in [1.82, 2.24) is 10.2 Å². The minimum atomic E-state index is -0.113. The molecule has 0 saturated heterocycles. The van der Waals surface area contributed by atoms with Crippen molar-refractivity contribution in [3.8, 4) is 12.1 Å². The Morgan fingerprint density at radius 3 is 2.73 bits per heavy atom. The van der Waals surface area contributed by atoms with E-state index in [1.165, 1.54) is 0 Å². The van der Waals surface area contributed by atoms with E-state index in [9.17, 15) is 4.79 Å². The maximum absolute atomic E-state index is 11.3. The van der Waals surface area contributed by atoms with Crippen LogP contribution in [-0.2, 0) is 4.79 Å². The molecule has 0 aromatic carbocycles. The highest BCUT2D eigenvalue weighted by molar-refractivity contribution is 5.77. The van der Waals surface area contributed by atoms with Gasteiger partial charge in [0, 0.05) is 13.1 Å². The maximum atomic E-state index is 11.3. The van der Waals surface area contributed by atoms with E-state index in [1.54, 1.807) is 11.9 Å². The van der Waals surface area contributed by atoms with Crippen LogP contribution in [0.3, 0.4) is 0 Å². The van der Waals surface area contributed by atoms with Crippen molar-refractivity contribution in [1.29, 1.82) is 10.5 Å². The van der Waals surface area contributed by atoms with Gasteiger partial charge in [-0.2, -0.15) is 10.5 Å². The first-order valence-corrected chi connectivity index (χ1v) is 4.82. The van der Waals surface area contributed by atoms with Gasteiger partial charge in [-0.3, -0.25) is 9.69 Å². The number of hydrogen-bond donors (Lipinski definition) is 1. The number of rotatable bonds is 6. The highest BCUT2D eigenvalue weighted by atomic mass is 16.2. The number of nitrogens with zero attached hydrogens (tertiary/aromatic N) is 3. The molecular formula is C10H16N4O. The largest absolute Gasteiger partial charge is 0.354 e. The van der Waals surface area contributed by atoms with Gasteiger partial charge >= 0.3 is 0 Å².